The molecule has 0 aliphatic carbocycles. The average molecular weight is 285 g/mol. The maximum Gasteiger partial charge on any atom is 0.283 e. The summed E-state index contributed by atoms with van der Waals surface area (Å²) in [4.78, 5) is 21.0. The molecule has 1 aromatic rings. The van der Waals surface area contributed by atoms with Gasteiger partial charge in [0.1, 0.15) is 0 Å². The van der Waals surface area contributed by atoms with Gasteiger partial charge in [0, 0.05) is 11.8 Å². The Morgan fingerprint density at radius 2 is 2.16 bits per heavy atom. The molecule has 0 atom stereocenters. The van der Waals surface area contributed by atoms with Gasteiger partial charge in [-0.25, -0.2) is 0 Å². The fourth-order valence-electron chi connectivity index (χ4n) is 1.44. The summed E-state index contributed by atoms with van der Waals surface area (Å²) < 4.78 is 10.5. The Labute approximate surface area is 115 Å². The van der Waals surface area contributed by atoms with Crippen molar-refractivity contribution in [3.8, 4) is 11.5 Å². The van der Waals surface area contributed by atoms with Gasteiger partial charge in [0.05, 0.1) is 30.3 Å². The van der Waals surface area contributed by atoms with Crippen LogP contribution in [0.2, 0.25) is 0 Å². The van der Waals surface area contributed by atoms with Gasteiger partial charge < -0.3 is 9.47 Å². The van der Waals surface area contributed by atoms with Crippen LogP contribution < -0.4 is 9.47 Å². The SMILES string of the molecule is CCSCCOc1cc([N+](=O)[O-])c(C=O)cc1OC. The van der Waals surface area contributed by atoms with Gasteiger partial charge >= 0.3 is 0 Å². The van der Waals surface area contributed by atoms with Gasteiger partial charge in [-0.3, -0.25) is 14.9 Å². The van der Waals surface area contributed by atoms with Crippen molar-refractivity contribution < 1.29 is 19.2 Å². The molecule has 0 saturated carbocycles. The van der Waals surface area contributed by atoms with E-state index in [0.717, 1.165) is 11.5 Å². The van der Waals surface area contributed by atoms with Crippen LogP contribution in [0.3, 0.4) is 0 Å². The van der Waals surface area contributed by atoms with Crippen molar-refractivity contribution in [3.63, 3.8) is 0 Å². The molecule has 6 nitrogen and oxygen atoms in total. The number of thioether (sulfide) groups is 1. The van der Waals surface area contributed by atoms with E-state index in [2.05, 4.69) is 0 Å². The standard InChI is InChI=1S/C12H15NO5S/c1-3-19-5-4-18-12-7-10(13(15)16)9(8-14)6-11(12)17-2/h6-8H,3-5H2,1-2H3. The summed E-state index contributed by atoms with van der Waals surface area (Å²) in [5, 5.41) is 10.9. The number of nitro groups is 1. The number of nitro benzene ring substituents is 1. The number of methoxy groups -OCH3 is 1. The van der Waals surface area contributed by atoms with E-state index in [0.29, 0.717) is 18.6 Å². The van der Waals surface area contributed by atoms with E-state index < -0.39 is 4.92 Å². The maximum absolute atomic E-state index is 10.9. The van der Waals surface area contributed by atoms with E-state index in [9.17, 15) is 14.9 Å². The van der Waals surface area contributed by atoms with Crippen molar-refractivity contribution in [2.45, 2.75) is 6.92 Å². The lowest BCUT2D eigenvalue weighted by atomic mass is 10.1. The second-order valence-electron chi connectivity index (χ2n) is 3.48. The van der Waals surface area contributed by atoms with Crippen LogP contribution >= 0.6 is 11.8 Å². The lowest BCUT2D eigenvalue weighted by Crippen LogP contribution is -2.04. The van der Waals surface area contributed by atoms with E-state index in [1.54, 1.807) is 11.8 Å². The van der Waals surface area contributed by atoms with Crippen LogP contribution in [0.1, 0.15) is 17.3 Å². The molecule has 0 N–H and O–H groups in total. The Hall–Kier alpha value is -1.76. The summed E-state index contributed by atoms with van der Waals surface area (Å²) in [7, 11) is 1.42. The summed E-state index contributed by atoms with van der Waals surface area (Å²) in [6, 6.07) is 2.53. The van der Waals surface area contributed by atoms with E-state index in [1.807, 2.05) is 6.92 Å². The van der Waals surface area contributed by atoms with Crippen LogP contribution in [0.4, 0.5) is 5.69 Å². The summed E-state index contributed by atoms with van der Waals surface area (Å²) in [5.41, 5.74) is -0.314. The molecule has 0 aliphatic heterocycles. The molecule has 0 spiro atoms. The lowest BCUT2D eigenvalue weighted by Gasteiger charge is -2.11. The number of hydrogen-bond acceptors (Lipinski definition) is 6. The van der Waals surface area contributed by atoms with Crippen molar-refractivity contribution in [1.82, 2.24) is 0 Å². The molecule has 0 heterocycles. The summed E-state index contributed by atoms with van der Waals surface area (Å²) in [6.07, 6.45) is 0.428. The molecule has 0 saturated heterocycles. The molecular formula is C12H15NO5S. The number of carbonyl (C=O) groups is 1. The minimum atomic E-state index is -0.614. The highest BCUT2D eigenvalue weighted by Crippen LogP contribution is 2.34. The van der Waals surface area contributed by atoms with Crippen molar-refractivity contribution in [2.75, 3.05) is 25.2 Å². The average Bonchev–Trinajstić information content (AvgIpc) is 2.42. The zero-order chi connectivity index (χ0) is 14.3. The smallest absolute Gasteiger partial charge is 0.283 e. The number of carbonyl (C=O) groups excluding carboxylic acids is 1. The fourth-order valence-corrected chi connectivity index (χ4v) is 1.93. The number of hydrogen-bond donors (Lipinski definition) is 0. The Kier molecular flexibility index (Phi) is 6.14. The highest BCUT2D eigenvalue weighted by Gasteiger charge is 2.19. The Balaban J connectivity index is 2.97. The molecule has 104 valence electrons. The van der Waals surface area contributed by atoms with Crippen LogP contribution in [-0.2, 0) is 0 Å². The summed E-state index contributed by atoms with van der Waals surface area (Å²) in [5.74, 6) is 2.35. The monoisotopic (exact) mass is 285 g/mol. The number of ether oxygens (including phenoxy) is 2. The summed E-state index contributed by atoms with van der Waals surface area (Å²) >= 11 is 1.70. The number of aldehydes is 1. The quantitative estimate of drug-likeness (QED) is 0.316. The molecule has 1 aromatic carbocycles. The van der Waals surface area contributed by atoms with E-state index >= 15 is 0 Å². The van der Waals surface area contributed by atoms with Crippen molar-refractivity contribution in [2.24, 2.45) is 0 Å². The predicted molar refractivity (Wildman–Crippen MR) is 73.5 cm³/mol. The first-order valence-corrected chi connectivity index (χ1v) is 6.81. The molecule has 0 aliphatic rings. The van der Waals surface area contributed by atoms with E-state index in [4.69, 9.17) is 9.47 Å². The molecule has 1 rings (SSSR count). The van der Waals surface area contributed by atoms with Gasteiger partial charge in [-0.2, -0.15) is 11.8 Å². The molecule has 0 unspecified atom stereocenters. The molecule has 7 heteroatoms. The third-order valence-corrected chi connectivity index (χ3v) is 3.19. The van der Waals surface area contributed by atoms with Gasteiger partial charge in [-0.15, -0.1) is 0 Å². The van der Waals surface area contributed by atoms with E-state index in [-0.39, 0.29) is 17.0 Å². The van der Waals surface area contributed by atoms with Crippen molar-refractivity contribution >= 4 is 23.7 Å². The molecule has 0 radical (unpaired) electrons. The Morgan fingerprint density at radius 1 is 1.42 bits per heavy atom. The first-order chi connectivity index (χ1) is 9.13. The predicted octanol–water partition coefficient (Wildman–Crippen LogP) is 2.55. The molecule has 0 bridgehead atoms. The zero-order valence-corrected chi connectivity index (χ0v) is 11.6. The third kappa shape index (κ3) is 4.13. The minimum absolute atomic E-state index is 0.0304. The highest BCUT2D eigenvalue weighted by atomic mass is 32.2. The van der Waals surface area contributed by atoms with Crippen LogP contribution in [0.5, 0.6) is 11.5 Å². The number of nitrogens with zero attached hydrogens (tertiary/aromatic N) is 1. The normalized spacial score (nSPS) is 10.0. The van der Waals surface area contributed by atoms with Crippen LogP contribution in [0.15, 0.2) is 12.1 Å². The Bertz CT molecular complexity index is 464. The van der Waals surface area contributed by atoms with Gasteiger partial charge in [-0.1, -0.05) is 6.92 Å². The minimum Gasteiger partial charge on any atom is -0.493 e. The number of benzene rings is 1. The first kappa shape index (κ1) is 15.3. The second-order valence-corrected chi connectivity index (χ2v) is 4.88. The molecular weight excluding hydrogens is 270 g/mol. The highest BCUT2D eigenvalue weighted by molar-refractivity contribution is 7.99. The summed E-state index contributed by atoms with van der Waals surface area (Å²) in [6.45, 7) is 2.46. The molecule has 0 amide bonds. The maximum atomic E-state index is 10.9. The van der Waals surface area contributed by atoms with Gasteiger partial charge in [0.15, 0.2) is 17.8 Å². The first-order valence-electron chi connectivity index (χ1n) is 5.66. The lowest BCUT2D eigenvalue weighted by molar-refractivity contribution is -0.385. The van der Waals surface area contributed by atoms with Gasteiger partial charge in [-0.05, 0) is 5.75 Å². The fraction of sp³-hybridized carbons (Fsp3) is 0.417. The molecule has 19 heavy (non-hydrogen) atoms. The zero-order valence-electron chi connectivity index (χ0n) is 10.8. The van der Waals surface area contributed by atoms with Crippen LogP contribution in [0.25, 0.3) is 0 Å². The van der Waals surface area contributed by atoms with Crippen molar-refractivity contribution in [3.05, 3.63) is 27.8 Å². The second kappa shape index (κ2) is 7.63. The van der Waals surface area contributed by atoms with Crippen LogP contribution in [-0.4, -0.2) is 36.4 Å². The van der Waals surface area contributed by atoms with Crippen LogP contribution in [0, 0.1) is 10.1 Å². The largest absolute Gasteiger partial charge is 0.493 e. The van der Waals surface area contributed by atoms with Crippen molar-refractivity contribution in [1.29, 1.82) is 0 Å². The molecule has 0 fully saturated rings. The topological polar surface area (TPSA) is 78.7 Å². The van der Waals surface area contributed by atoms with Gasteiger partial charge in [0.2, 0.25) is 0 Å². The Morgan fingerprint density at radius 3 is 2.68 bits per heavy atom. The molecule has 0 aromatic heterocycles. The third-order valence-electron chi connectivity index (χ3n) is 2.33. The number of rotatable bonds is 8. The van der Waals surface area contributed by atoms with E-state index in [1.165, 1.54) is 19.2 Å². The van der Waals surface area contributed by atoms with Gasteiger partial charge in [0.25, 0.3) is 5.69 Å².